The first kappa shape index (κ1) is 14.3. The van der Waals surface area contributed by atoms with Crippen molar-refractivity contribution in [3.8, 4) is 11.6 Å². The molecule has 0 saturated carbocycles. The molecule has 0 amide bonds. The summed E-state index contributed by atoms with van der Waals surface area (Å²) in [5.41, 5.74) is 2.08. The fourth-order valence-electron chi connectivity index (χ4n) is 1.81. The van der Waals surface area contributed by atoms with Crippen LogP contribution in [0.4, 0.5) is 5.69 Å². The van der Waals surface area contributed by atoms with Gasteiger partial charge in [-0.2, -0.15) is 0 Å². The second kappa shape index (κ2) is 6.91. The highest BCUT2D eigenvalue weighted by atomic mass is 16.5. The second-order valence-electron chi connectivity index (χ2n) is 4.74. The smallest absolute Gasteiger partial charge is 0.219 e. The van der Waals surface area contributed by atoms with Gasteiger partial charge in [0.05, 0.1) is 5.69 Å². The van der Waals surface area contributed by atoms with Crippen molar-refractivity contribution < 1.29 is 4.74 Å². The molecule has 0 unspecified atom stereocenters. The minimum absolute atomic E-state index is 0.622. The van der Waals surface area contributed by atoms with Crippen LogP contribution in [0.5, 0.6) is 11.6 Å². The van der Waals surface area contributed by atoms with E-state index >= 15 is 0 Å². The molecule has 1 heterocycles. The van der Waals surface area contributed by atoms with Crippen molar-refractivity contribution in [1.82, 2.24) is 10.3 Å². The molecule has 2 aromatic rings. The van der Waals surface area contributed by atoms with E-state index in [9.17, 15) is 0 Å². The number of benzene rings is 1. The van der Waals surface area contributed by atoms with Gasteiger partial charge in [0.15, 0.2) is 0 Å². The van der Waals surface area contributed by atoms with E-state index in [1.807, 2.05) is 61.5 Å². The number of ether oxygens (including phenoxy) is 1. The van der Waals surface area contributed by atoms with Crippen molar-refractivity contribution in [2.45, 2.75) is 13.5 Å². The van der Waals surface area contributed by atoms with Crippen LogP contribution in [0.2, 0.25) is 0 Å². The number of rotatable bonds is 6. The van der Waals surface area contributed by atoms with E-state index in [1.54, 1.807) is 0 Å². The molecule has 4 nitrogen and oxygen atoms in total. The van der Waals surface area contributed by atoms with Crippen LogP contribution in [-0.4, -0.2) is 25.6 Å². The largest absolute Gasteiger partial charge is 0.439 e. The summed E-state index contributed by atoms with van der Waals surface area (Å²) < 4.78 is 5.82. The number of hydrogen-bond donors (Lipinski definition) is 1. The standard InChI is InChI=1S/C16H21N3O/c1-4-17-12-13-7-5-10-16(18-13)20-15-9-6-8-14(11-15)19(2)3/h5-11,17H,4,12H2,1-3H3. The van der Waals surface area contributed by atoms with Gasteiger partial charge in [0.2, 0.25) is 5.88 Å². The van der Waals surface area contributed by atoms with Crippen LogP contribution in [0.25, 0.3) is 0 Å². The monoisotopic (exact) mass is 271 g/mol. The number of anilines is 1. The topological polar surface area (TPSA) is 37.4 Å². The van der Waals surface area contributed by atoms with E-state index in [0.717, 1.165) is 30.2 Å². The van der Waals surface area contributed by atoms with E-state index in [-0.39, 0.29) is 0 Å². The molecule has 0 spiro atoms. The van der Waals surface area contributed by atoms with E-state index in [4.69, 9.17) is 4.74 Å². The highest BCUT2D eigenvalue weighted by Crippen LogP contribution is 2.24. The lowest BCUT2D eigenvalue weighted by Crippen LogP contribution is -2.12. The predicted molar refractivity (Wildman–Crippen MR) is 82.5 cm³/mol. The SMILES string of the molecule is CCNCc1cccc(Oc2cccc(N(C)C)c2)n1. The summed E-state index contributed by atoms with van der Waals surface area (Å²) in [6, 6.07) is 13.8. The van der Waals surface area contributed by atoms with Gasteiger partial charge in [0.1, 0.15) is 5.75 Å². The predicted octanol–water partition coefficient (Wildman–Crippen LogP) is 3.05. The Morgan fingerprint density at radius 3 is 2.70 bits per heavy atom. The van der Waals surface area contributed by atoms with Gasteiger partial charge in [-0.05, 0) is 24.7 Å². The lowest BCUT2D eigenvalue weighted by molar-refractivity contribution is 0.460. The molecule has 4 heteroatoms. The molecule has 106 valence electrons. The van der Waals surface area contributed by atoms with Gasteiger partial charge in [0.25, 0.3) is 0 Å². The molecule has 2 rings (SSSR count). The fraction of sp³-hybridized carbons (Fsp3) is 0.312. The van der Waals surface area contributed by atoms with Crippen LogP contribution in [0, 0.1) is 0 Å². The summed E-state index contributed by atoms with van der Waals surface area (Å²) in [7, 11) is 4.02. The Morgan fingerprint density at radius 2 is 1.95 bits per heavy atom. The molecule has 0 aliphatic heterocycles. The van der Waals surface area contributed by atoms with Gasteiger partial charge < -0.3 is 15.0 Å². The van der Waals surface area contributed by atoms with Crippen LogP contribution in [-0.2, 0) is 6.54 Å². The van der Waals surface area contributed by atoms with E-state index in [2.05, 4.69) is 17.2 Å². The minimum Gasteiger partial charge on any atom is -0.439 e. The molecule has 20 heavy (non-hydrogen) atoms. The highest BCUT2D eigenvalue weighted by Gasteiger charge is 2.02. The molecule has 0 radical (unpaired) electrons. The van der Waals surface area contributed by atoms with Gasteiger partial charge in [-0.15, -0.1) is 0 Å². The molecule has 1 aromatic heterocycles. The Bertz CT molecular complexity index is 555. The zero-order valence-corrected chi connectivity index (χ0v) is 12.3. The first-order chi connectivity index (χ1) is 9.69. The summed E-state index contributed by atoms with van der Waals surface area (Å²) >= 11 is 0. The van der Waals surface area contributed by atoms with Crippen LogP contribution < -0.4 is 15.0 Å². The normalized spacial score (nSPS) is 10.3. The molecule has 0 fully saturated rings. The van der Waals surface area contributed by atoms with Crippen molar-refractivity contribution in [2.75, 3.05) is 25.5 Å². The molecule has 0 bridgehead atoms. The van der Waals surface area contributed by atoms with Crippen LogP contribution in [0.1, 0.15) is 12.6 Å². The van der Waals surface area contributed by atoms with Crippen molar-refractivity contribution in [3.05, 3.63) is 48.2 Å². The average molecular weight is 271 g/mol. The van der Waals surface area contributed by atoms with Gasteiger partial charge in [0, 0.05) is 38.5 Å². The van der Waals surface area contributed by atoms with Crippen molar-refractivity contribution >= 4 is 5.69 Å². The van der Waals surface area contributed by atoms with Crippen LogP contribution in [0.3, 0.4) is 0 Å². The summed E-state index contributed by atoms with van der Waals surface area (Å²) in [6.45, 7) is 3.76. The lowest BCUT2D eigenvalue weighted by Gasteiger charge is -2.13. The summed E-state index contributed by atoms with van der Waals surface area (Å²) in [4.78, 5) is 6.53. The molecule has 0 atom stereocenters. The lowest BCUT2D eigenvalue weighted by atomic mass is 10.3. The number of nitrogens with one attached hydrogen (secondary N) is 1. The molecule has 0 aliphatic carbocycles. The molecule has 0 saturated heterocycles. The number of hydrogen-bond acceptors (Lipinski definition) is 4. The maximum Gasteiger partial charge on any atom is 0.219 e. The quantitative estimate of drug-likeness (QED) is 0.876. The van der Waals surface area contributed by atoms with Crippen LogP contribution >= 0.6 is 0 Å². The minimum atomic E-state index is 0.622. The third-order valence-electron chi connectivity index (χ3n) is 2.89. The molecular formula is C16H21N3O. The molecule has 1 aromatic carbocycles. The Balaban J connectivity index is 2.11. The van der Waals surface area contributed by atoms with Gasteiger partial charge in [-0.3, -0.25) is 0 Å². The summed E-state index contributed by atoms with van der Waals surface area (Å²) in [5.74, 6) is 1.42. The van der Waals surface area contributed by atoms with Gasteiger partial charge in [-0.1, -0.05) is 19.1 Å². The number of aromatic nitrogens is 1. The number of nitrogens with zero attached hydrogens (tertiary/aromatic N) is 2. The number of pyridine rings is 1. The first-order valence-corrected chi connectivity index (χ1v) is 6.81. The highest BCUT2D eigenvalue weighted by molar-refractivity contribution is 5.50. The Labute approximate surface area is 120 Å². The van der Waals surface area contributed by atoms with Gasteiger partial charge in [-0.25, -0.2) is 4.98 Å². The van der Waals surface area contributed by atoms with Crippen molar-refractivity contribution in [3.63, 3.8) is 0 Å². The Hall–Kier alpha value is -2.07. The Kier molecular flexibility index (Phi) is 4.96. The molecule has 0 aliphatic rings. The second-order valence-corrected chi connectivity index (χ2v) is 4.74. The zero-order chi connectivity index (χ0) is 14.4. The summed E-state index contributed by atoms with van der Waals surface area (Å²) in [6.07, 6.45) is 0. The van der Waals surface area contributed by atoms with Crippen molar-refractivity contribution in [2.24, 2.45) is 0 Å². The third-order valence-corrected chi connectivity index (χ3v) is 2.89. The van der Waals surface area contributed by atoms with Gasteiger partial charge >= 0.3 is 0 Å². The van der Waals surface area contributed by atoms with E-state index < -0.39 is 0 Å². The third kappa shape index (κ3) is 3.96. The molecular weight excluding hydrogens is 250 g/mol. The summed E-state index contributed by atoms with van der Waals surface area (Å²) in [5, 5.41) is 3.25. The Morgan fingerprint density at radius 1 is 1.15 bits per heavy atom. The van der Waals surface area contributed by atoms with Crippen molar-refractivity contribution in [1.29, 1.82) is 0 Å². The maximum absolute atomic E-state index is 5.82. The van der Waals surface area contributed by atoms with E-state index in [0.29, 0.717) is 5.88 Å². The molecule has 1 N–H and O–H groups in total. The fourth-order valence-corrected chi connectivity index (χ4v) is 1.81. The maximum atomic E-state index is 5.82. The zero-order valence-electron chi connectivity index (χ0n) is 12.3. The first-order valence-electron chi connectivity index (χ1n) is 6.81. The van der Waals surface area contributed by atoms with E-state index in [1.165, 1.54) is 0 Å². The average Bonchev–Trinajstić information content (AvgIpc) is 2.46. The van der Waals surface area contributed by atoms with Crippen LogP contribution in [0.15, 0.2) is 42.5 Å².